The van der Waals surface area contributed by atoms with Gasteiger partial charge in [-0.3, -0.25) is 0 Å². The Morgan fingerprint density at radius 2 is 2.04 bits per heavy atom. The maximum absolute atomic E-state index is 12.3. The lowest BCUT2D eigenvalue weighted by atomic mass is 9.93. The molecule has 0 bridgehead atoms. The van der Waals surface area contributed by atoms with Crippen molar-refractivity contribution in [3.8, 4) is 5.75 Å². The van der Waals surface area contributed by atoms with Gasteiger partial charge in [-0.05, 0) is 32.3 Å². The Bertz CT molecular complexity index is 507. The van der Waals surface area contributed by atoms with E-state index in [0.29, 0.717) is 6.61 Å². The zero-order valence-electron chi connectivity index (χ0n) is 14.0. The summed E-state index contributed by atoms with van der Waals surface area (Å²) >= 11 is 0. The monoisotopic (exact) mass is 320 g/mol. The van der Waals surface area contributed by atoms with Gasteiger partial charge < -0.3 is 20.5 Å². The van der Waals surface area contributed by atoms with Crippen LogP contribution in [-0.2, 0) is 0 Å². The number of aliphatic hydroxyl groups excluding tert-OH is 1. The molecule has 1 aromatic rings. The molecule has 0 radical (unpaired) electrons. The lowest BCUT2D eigenvalue weighted by molar-refractivity contribution is 0.0940. The number of amides is 2. The predicted molar refractivity (Wildman–Crippen MR) is 90.6 cm³/mol. The minimum Gasteiger partial charge on any atom is -0.494 e. The van der Waals surface area contributed by atoms with Crippen LogP contribution in [0.2, 0.25) is 0 Å². The molecule has 0 spiro atoms. The average Bonchev–Trinajstić information content (AvgIpc) is 2.56. The van der Waals surface area contributed by atoms with Gasteiger partial charge in [0.1, 0.15) is 5.75 Å². The number of carbonyl (C=O) groups excluding carboxylic acids is 1. The van der Waals surface area contributed by atoms with Crippen molar-refractivity contribution in [3.05, 3.63) is 29.8 Å². The van der Waals surface area contributed by atoms with Gasteiger partial charge in [-0.1, -0.05) is 38.0 Å². The fraction of sp³-hybridized carbons (Fsp3) is 0.611. The number of ether oxygens (including phenoxy) is 1. The summed E-state index contributed by atoms with van der Waals surface area (Å²) in [6.07, 6.45) is 4.00. The van der Waals surface area contributed by atoms with E-state index in [0.717, 1.165) is 43.4 Å². The number of aliphatic hydroxyl groups is 1. The van der Waals surface area contributed by atoms with Crippen molar-refractivity contribution in [3.63, 3.8) is 0 Å². The van der Waals surface area contributed by atoms with Gasteiger partial charge in [-0.2, -0.15) is 0 Å². The van der Waals surface area contributed by atoms with Crippen molar-refractivity contribution in [2.75, 3.05) is 6.61 Å². The van der Waals surface area contributed by atoms with Crippen LogP contribution in [0.25, 0.3) is 0 Å². The van der Waals surface area contributed by atoms with Gasteiger partial charge in [0.15, 0.2) is 0 Å². The first-order valence-corrected chi connectivity index (χ1v) is 8.62. The first kappa shape index (κ1) is 17.6. The smallest absolute Gasteiger partial charge is 0.315 e. The molecule has 0 saturated heterocycles. The summed E-state index contributed by atoms with van der Waals surface area (Å²) in [5, 5.41) is 15.9. The van der Waals surface area contributed by atoms with Crippen molar-refractivity contribution in [2.24, 2.45) is 0 Å². The number of nitrogens with one attached hydrogen (secondary N) is 2. The quantitative estimate of drug-likeness (QED) is 0.754. The highest BCUT2D eigenvalue weighted by Crippen LogP contribution is 2.27. The topological polar surface area (TPSA) is 70.6 Å². The van der Waals surface area contributed by atoms with E-state index < -0.39 is 6.10 Å². The van der Waals surface area contributed by atoms with Crippen molar-refractivity contribution in [2.45, 2.75) is 64.1 Å². The number of carbonyl (C=O) groups is 1. The molecule has 3 N–H and O–H groups in total. The van der Waals surface area contributed by atoms with Gasteiger partial charge >= 0.3 is 6.03 Å². The lowest BCUT2D eigenvalue weighted by Gasteiger charge is -2.29. The van der Waals surface area contributed by atoms with Crippen molar-refractivity contribution in [1.82, 2.24) is 10.6 Å². The second-order valence-electron chi connectivity index (χ2n) is 6.01. The molecule has 0 aliphatic heterocycles. The zero-order chi connectivity index (χ0) is 16.7. The third kappa shape index (κ3) is 4.86. The van der Waals surface area contributed by atoms with Crippen LogP contribution in [0.15, 0.2) is 24.3 Å². The summed E-state index contributed by atoms with van der Waals surface area (Å²) in [4.78, 5) is 12.3. The van der Waals surface area contributed by atoms with Crippen LogP contribution in [0.5, 0.6) is 5.75 Å². The van der Waals surface area contributed by atoms with Crippen LogP contribution in [0.3, 0.4) is 0 Å². The predicted octanol–water partition coefficient (Wildman–Crippen LogP) is 3.14. The molecule has 1 aromatic carbocycles. The molecule has 3 unspecified atom stereocenters. The van der Waals surface area contributed by atoms with E-state index in [1.54, 1.807) is 0 Å². The van der Waals surface area contributed by atoms with Crippen LogP contribution in [0, 0.1) is 0 Å². The third-order valence-corrected chi connectivity index (χ3v) is 4.35. The molecule has 1 fully saturated rings. The van der Waals surface area contributed by atoms with Crippen molar-refractivity contribution >= 4 is 6.03 Å². The lowest BCUT2D eigenvalue weighted by Crippen LogP contribution is -2.49. The fourth-order valence-corrected chi connectivity index (χ4v) is 3.10. The Kier molecular flexibility index (Phi) is 6.71. The second-order valence-corrected chi connectivity index (χ2v) is 6.01. The summed E-state index contributed by atoms with van der Waals surface area (Å²) in [5.41, 5.74) is 0.983. The molecule has 23 heavy (non-hydrogen) atoms. The number of hydrogen-bond acceptors (Lipinski definition) is 3. The van der Waals surface area contributed by atoms with E-state index in [9.17, 15) is 9.90 Å². The Morgan fingerprint density at radius 1 is 1.30 bits per heavy atom. The van der Waals surface area contributed by atoms with Gasteiger partial charge in [0.25, 0.3) is 0 Å². The van der Waals surface area contributed by atoms with Gasteiger partial charge in [0, 0.05) is 5.56 Å². The maximum Gasteiger partial charge on any atom is 0.315 e. The standard InChI is InChI=1S/C18H28N2O3/c1-3-14(13-9-5-8-12-17(13)23-4-2)19-18(22)20-15-10-6-7-11-16(15)21/h5,8-9,12,14-16,21H,3-4,6-7,10-11H2,1-2H3,(H2,19,20,22). The van der Waals surface area contributed by atoms with Crippen molar-refractivity contribution in [1.29, 1.82) is 0 Å². The minimum absolute atomic E-state index is 0.113. The first-order valence-electron chi connectivity index (χ1n) is 8.62. The molecule has 128 valence electrons. The Labute approximate surface area is 138 Å². The number of para-hydroxylation sites is 1. The minimum atomic E-state index is -0.440. The summed E-state index contributed by atoms with van der Waals surface area (Å²) in [6.45, 7) is 4.57. The van der Waals surface area contributed by atoms with E-state index >= 15 is 0 Å². The van der Waals surface area contributed by atoms with Gasteiger partial charge in [-0.25, -0.2) is 4.79 Å². The maximum atomic E-state index is 12.3. The molecular formula is C18H28N2O3. The normalized spacial score (nSPS) is 22.2. The number of rotatable bonds is 6. The number of hydrogen-bond donors (Lipinski definition) is 3. The van der Waals surface area contributed by atoms with Gasteiger partial charge in [-0.15, -0.1) is 0 Å². The molecule has 5 heteroatoms. The van der Waals surface area contributed by atoms with Crippen LogP contribution < -0.4 is 15.4 Å². The molecule has 2 amide bonds. The molecule has 3 atom stereocenters. The molecule has 5 nitrogen and oxygen atoms in total. The summed E-state index contributed by atoms with van der Waals surface area (Å²) < 4.78 is 5.66. The van der Waals surface area contributed by atoms with E-state index in [4.69, 9.17) is 4.74 Å². The molecule has 2 rings (SSSR count). The Hall–Kier alpha value is -1.75. The molecule has 0 aromatic heterocycles. The largest absolute Gasteiger partial charge is 0.494 e. The zero-order valence-corrected chi connectivity index (χ0v) is 14.0. The number of urea groups is 1. The Balaban J connectivity index is 2.00. The summed E-state index contributed by atoms with van der Waals surface area (Å²) in [5.74, 6) is 0.805. The van der Waals surface area contributed by atoms with Crippen molar-refractivity contribution < 1.29 is 14.6 Å². The van der Waals surface area contributed by atoms with Crippen LogP contribution in [0.1, 0.15) is 57.6 Å². The Morgan fingerprint density at radius 3 is 2.74 bits per heavy atom. The number of benzene rings is 1. The van der Waals surface area contributed by atoms with E-state index in [2.05, 4.69) is 10.6 Å². The van der Waals surface area contributed by atoms with Crippen LogP contribution >= 0.6 is 0 Å². The van der Waals surface area contributed by atoms with Crippen LogP contribution in [-0.4, -0.2) is 29.9 Å². The molecule has 1 saturated carbocycles. The molecule has 1 aliphatic rings. The summed E-state index contributed by atoms with van der Waals surface area (Å²) in [7, 11) is 0. The van der Waals surface area contributed by atoms with E-state index in [-0.39, 0.29) is 18.1 Å². The van der Waals surface area contributed by atoms with Gasteiger partial charge in [0.05, 0.1) is 24.8 Å². The molecule has 0 heterocycles. The van der Waals surface area contributed by atoms with Gasteiger partial charge in [0.2, 0.25) is 0 Å². The molecule has 1 aliphatic carbocycles. The SMILES string of the molecule is CCOc1ccccc1C(CC)NC(=O)NC1CCCCC1O. The van der Waals surface area contributed by atoms with Crippen LogP contribution in [0.4, 0.5) is 4.79 Å². The molecular weight excluding hydrogens is 292 g/mol. The highest BCUT2D eigenvalue weighted by atomic mass is 16.5. The third-order valence-electron chi connectivity index (χ3n) is 4.35. The average molecular weight is 320 g/mol. The highest BCUT2D eigenvalue weighted by molar-refractivity contribution is 5.75. The highest BCUT2D eigenvalue weighted by Gasteiger charge is 2.25. The second kappa shape index (κ2) is 8.77. The fourth-order valence-electron chi connectivity index (χ4n) is 3.10. The first-order chi connectivity index (χ1) is 11.2. The van der Waals surface area contributed by atoms with E-state index in [1.165, 1.54) is 0 Å². The van der Waals surface area contributed by atoms with E-state index in [1.807, 2.05) is 38.1 Å². The summed E-state index contributed by atoms with van der Waals surface area (Å²) in [6, 6.07) is 7.29.